The van der Waals surface area contributed by atoms with E-state index in [9.17, 15) is 69.3 Å². The van der Waals surface area contributed by atoms with E-state index in [-0.39, 0.29) is 48.9 Å². The lowest BCUT2D eigenvalue weighted by molar-refractivity contribution is -0.433. The number of ether oxygens (including phenoxy) is 2. The van der Waals surface area contributed by atoms with Crippen molar-refractivity contribution in [2.24, 2.45) is 10.9 Å². The van der Waals surface area contributed by atoms with E-state index < -0.39 is 165 Å². The third-order valence-electron chi connectivity index (χ3n) is 15.9. The molecule has 0 bridgehead atoms. The number of rotatable bonds is 27. The summed E-state index contributed by atoms with van der Waals surface area (Å²) >= 11 is 1.36. The maximum atomic E-state index is 14.9. The molecule has 3 aromatic carbocycles. The predicted octanol–water partition coefficient (Wildman–Crippen LogP) is -0.184. The Morgan fingerprint density at radius 3 is 2.10 bits per heavy atom. The van der Waals surface area contributed by atoms with Crippen LogP contribution in [-0.4, -0.2) is 240 Å². The highest BCUT2D eigenvalue weighted by atomic mass is 32.2. The third-order valence-corrected chi connectivity index (χ3v) is 17.3. The Labute approximate surface area is 548 Å². The van der Waals surface area contributed by atoms with Crippen LogP contribution in [0.5, 0.6) is 17.2 Å². The number of aliphatic imine (C=N–C) groups is 1. The smallest absolute Gasteiger partial charge is 0.261 e. The van der Waals surface area contributed by atoms with Crippen LogP contribution in [0.3, 0.4) is 0 Å². The largest absolute Gasteiger partial charge is 0.504 e. The van der Waals surface area contributed by atoms with Gasteiger partial charge >= 0.3 is 0 Å². The Hall–Kier alpha value is -7.55. The minimum atomic E-state index is -2.15. The fourth-order valence-electron chi connectivity index (χ4n) is 10.9. The Morgan fingerprint density at radius 2 is 1.43 bits per heavy atom. The van der Waals surface area contributed by atoms with Crippen molar-refractivity contribution in [1.82, 2.24) is 46.6 Å². The molecule has 0 radical (unpaired) electrons. The normalized spacial score (nSPS) is 24.5. The van der Waals surface area contributed by atoms with Crippen LogP contribution in [0.2, 0.25) is 0 Å². The number of aromatic hydroxyl groups is 1. The highest BCUT2D eigenvalue weighted by molar-refractivity contribution is 7.90. The molecule has 1 aromatic heterocycles. The summed E-state index contributed by atoms with van der Waals surface area (Å²) in [6.45, 7) is 1.71. The molecular formula is C60H80N10O22S2. The quantitative estimate of drug-likeness (QED) is 0.0121. The maximum absolute atomic E-state index is 14.9. The number of nitrogens with zero attached hydrogens (tertiary/aromatic N) is 5. The van der Waals surface area contributed by atoms with Gasteiger partial charge in [0, 0.05) is 88.0 Å². The molecule has 13 atom stereocenters. The monoisotopic (exact) mass is 1360 g/mol. The van der Waals surface area contributed by atoms with Crippen molar-refractivity contribution < 1.29 is 108 Å². The Kier molecular flexibility index (Phi) is 28.6. The molecule has 3 saturated heterocycles. The van der Waals surface area contributed by atoms with Gasteiger partial charge in [-0.3, -0.25) is 43.8 Å². The Morgan fingerprint density at radius 1 is 0.777 bits per heavy atom. The lowest BCUT2D eigenvalue weighted by Crippen LogP contribution is -2.64. The summed E-state index contributed by atoms with van der Waals surface area (Å²) in [7, 11) is 1.69. The average Bonchev–Trinajstić information content (AvgIpc) is 1.62. The van der Waals surface area contributed by atoms with E-state index >= 15 is 0 Å². The number of methoxy groups -OCH3 is 1. The number of unbranched alkanes of at least 4 members (excludes halogenated alkanes) is 4. The molecule has 0 spiro atoms. The van der Waals surface area contributed by atoms with E-state index in [1.165, 1.54) is 42.5 Å². The number of amides is 7. The molecule has 0 unspecified atom stereocenters. The lowest BCUT2D eigenvalue weighted by Gasteiger charge is -2.34. The van der Waals surface area contributed by atoms with Crippen LogP contribution in [-0.2, 0) is 54.2 Å². The first-order valence-corrected chi connectivity index (χ1v) is 31.8. The second-order valence-corrected chi connectivity index (χ2v) is 24.3. The van der Waals surface area contributed by atoms with Crippen molar-refractivity contribution in [2.45, 2.75) is 145 Å². The summed E-state index contributed by atoms with van der Waals surface area (Å²) in [6.07, 6.45) is -6.26. The first-order valence-electron chi connectivity index (χ1n) is 30.4. The molecule has 4 aromatic rings. The van der Waals surface area contributed by atoms with Gasteiger partial charge in [-0.2, -0.15) is 0 Å². The van der Waals surface area contributed by atoms with Gasteiger partial charge in [0.05, 0.1) is 43.2 Å². The number of fused-ring (bicyclic) bond motifs is 2. The van der Waals surface area contributed by atoms with E-state index in [2.05, 4.69) is 56.0 Å². The van der Waals surface area contributed by atoms with Crippen LogP contribution in [0, 0.1) is 5.92 Å². The summed E-state index contributed by atoms with van der Waals surface area (Å²) in [5.74, 6) is -8.86. The Balaban J connectivity index is 1.16. The second kappa shape index (κ2) is 36.4. The average molecular weight is 1360 g/mol. The van der Waals surface area contributed by atoms with Gasteiger partial charge in [0.1, 0.15) is 58.6 Å². The topological polar surface area (TPSA) is 462 Å². The number of carbonyl (C=O) groups is 7. The van der Waals surface area contributed by atoms with Gasteiger partial charge in [-0.25, -0.2) is 10.1 Å². The zero-order chi connectivity index (χ0) is 68.0. The van der Waals surface area contributed by atoms with Crippen molar-refractivity contribution in [3.05, 3.63) is 77.9 Å². The molecule has 14 N–H and O–H groups in total. The zero-order valence-electron chi connectivity index (χ0n) is 51.6. The first-order chi connectivity index (χ1) is 45.1. The van der Waals surface area contributed by atoms with Gasteiger partial charge in [-0.1, -0.05) is 65.1 Å². The number of carbonyl (C=O) groups excluding carboxylic acids is 7. The number of nitrogens with one attached hydrogen (secondary N) is 5. The van der Waals surface area contributed by atoms with E-state index in [1.807, 2.05) is 24.3 Å². The summed E-state index contributed by atoms with van der Waals surface area (Å²) in [4.78, 5) is 112. The van der Waals surface area contributed by atoms with Gasteiger partial charge in [0.2, 0.25) is 35.4 Å². The standard InChI is InChI=1S/C60H80N10O22S2/c1-32-30-70-50(51(32)77)56(82)62-29-38(72)27-41(63-52(78)35-10-12-36(13-11-35)57-67-68-58(93-57)37-14-16-40(17-15-37)88-23-8-6-4-5-7-22-87-3)53(79)64-47(33(2)71)59(83)69-31-39(73)28-42(69)54(80)65-48(45(76)25-34-9-18-43(74)46(26-34)90-94-92-91-86)55(81)66-49(60(70)84)44(75)19-20-61-21-24-89-85/h9-18,21,26,32-33,38-39,41-42,44-45,47-51,71-77,85-86H,4-8,19-20,22-25,27-31H2,1-3H3,(H,62,82)(H,63,78)(H,64,79)(H,65,80)(H,66,81)/t32-,33-,38+,39+,41+,42+,44-,45-,47+,48+,49+,50+,51+/m1/s1. The number of aliphatic hydroxyl groups excluding tert-OH is 6. The molecule has 4 heterocycles. The van der Waals surface area contributed by atoms with E-state index in [1.54, 1.807) is 19.2 Å². The molecule has 0 saturated carbocycles. The van der Waals surface area contributed by atoms with Gasteiger partial charge in [0.15, 0.2) is 11.5 Å². The van der Waals surface area contributed by atoms with Crippen molar-refractivity contribution in [1.29, 1.82) is 0 Å². The molecule has 7 rings (SSSR count). The SMILES string of the molecule is COCCCCCCCOc1ccc(-c2nnc(-c3ccc(C(=O)N[C@H]4C[C@H](O)CNC(=O)[C@@H]5[C@@H](O)[C@H](C)CN5C(=O)[C@H]([C@H](O)CCN=CCOO)NC(=O)[C@H]([C@H](O)Cc5ccc(O)c(OSOOO)c5)NC(=O)[C@@H]5C[C@H](O)CN5C(=O)[C@H]([C@@H](C)O)NC4=O)cc3)s2)cc1. The van der Waals surface area contributed by atoms with E-state index in [0.717, 1.165) is 73.3 Å². The molecule has 7 amide bonds. The molecule has 32 nitrogen and oxygen atoms in total. The molecule has 0 aliphatic carbocycles. The summed E-state index contributed by atoms with van der Waals surface area (Å²) in [5, 5.41) is 122. The number of hydrogen-bond donors (Lipinski definition) is 14. The van der Waals surface area contributed by atoms with Gasteiger partial charge in [-0.15, -0.1) is 10.2 Å². The first kappa shape index (κ1) is 73.9. The number of benzene rings is 3. The summed E-state index contributed by atoms with van der Waals surface area (Å²) in [5.41, 5.74) is 1.49. The molecule has 3 aliphatic heterocycles. The minimum Gasteiger partial charge on any atom is -0.504 e. The number of β-amino-alcohol motifs (C(OH)–C–C–N with tert-alkyl or cyclic N) is 1. The number of phenols is 1. The van der Waals surface area contributed by atoms with Crippen LogP contribution in [0.15, 0.2) is 71.7 Å². The fourth-order valence-corrected chi connectivity index (χ4v) is 12.0. The van der Waals surface area contributed by atoms with Crippen molar-refractivity contribution in [2.75, 3.05) is 53.1 Å². The fraction of sp³-hybridized carbons (Fsp3) is 0.533. The van der Waals surface area contributed by atoms with Crippen LogP contribution in [0.25, 0.3) is 21.1 Å². The number of aliphatic hydroxyl groups is 6. The minimum absolute atomic E-state index is 0.00920. The van der Waals surface area contributed by atoms with E-state index in [0.29, 0.717) is 27.9 Å². The van der Waals surface area contributed by atoms with Crippen LogP contribution in [0.4, 0.5) is 0 Å². The third kappa shape index (κ3) is 20.5. The van der Waals surface area contributed by atoms with Gasteiger partial charge in [0.25, 0.3) is 18.2 Å². The van der Waals surface area contributed by atoms with Crippen molar-refractivity contribution >= 4 is 71.2 Å². The second-order valence-electron chi connectivity index (χ2n) is 22.9. The molecule has 514 valence electrons. The van der Waals surface area contributed by atoms with Crippen LogP contribution < -0.4 is 35.5 Å². The highest BCUT2D eigenvalue weighted by Crippen LogP contribution is 2.33. The van der Waals surface area contributed by atoms with Crippen molar-refractivity contribution in [3.8, 4) is 38.4 Å². The molecule has 94 heavy (non-hydrogen) atoms. The van der Waals surface area contributed by atoms with Crippen LogP contribution >= 0.6 is 23.7 Å². The van der Waals surface area contributed by atoms with Crippen LogP contribution in [0.1, 0.15) is 81.1 Å². The predicted molar refractivity (Wildman–Crippen MR) is 334 cm³/mol. The summed E-state index contributed by atoms with van der Waals surface area (Å²) in [6, 6.07) is 5.71. The zero-order valence-corrected chi connectivity index (χ0v) is 53.3. The highest BCUT2D eigenvalue weighted by Gasteiger charge is 2.50. The summed E-state index contributed by atoms with van der Waals surface area (Å²) < 4.78 is 20.4. The number of phenolic OH excluding ortho intramolecular Hbond substituents is 1. The number of hydrogen-bond acceptors (Lipinski definition) is 27. The van der Waals surface area contributed by atoms with Gasteiger partial charge in [-0.05, 0) is 80.3 Å². The van der Waals surface area contributed by atoms with Crippen molar-refractivity contribution in [3.63, 3.8) is 0 Å². The van der Waals surface area contributed by atoms with Gasteiger partial charge < -0.3 is 85.8 Å². The molecule has 3 fully saturated rings. The molecular weight excluding hydrogens is 1280 g/mol. The number of aromatic nitrogens is 2. The Bertz CT molecular complexity index is 3190. The maximum Gasteiger partial charge on any atom is 0.261 e. The lowest BCUT2D eigenvalue weighted by atomic mass is 9.98. The van der Waals surface area contributed by atoms with E-state index in [4.69, 9.17) is 24.2 Å². The molecule has 3 aliphatic rings. The molecule has 34 heteroatoms.